The summed E-state index contributed by atoms with van der Waals surface area (Å²) in [6.45, 7) is 1.98. The van der Waals surface area contributed by atoms with Crippen LogP contribution in [0.1, 0.15) is 17.5 Å². The molecule has 2 rings (SSSR count). The first-order chi connectivity index (χ1) is 12.7. The fourth-order valence-electron chi connectivity index (χ4n) is 2.35. The molecule has 0 saturated carbocycles. The number of nitrogens with two attached hydrogens (primary N) is 1. The third kappa shape index (κ3) is 7.01. The topological polar surface area (TPSA) is 72.2 Å². The van der Waals surface area contributed by atoms with E-state index in [1.807, 2.05) is 48.5 Å². The van der Waals surface area contributed by atoms with E-state index < -0.39 is 0 Å². The summed E-state index contributed by atoms with van der Waals surface area (Å²) in [4.78, 5) is 4.97. The van der Waals surface area contributed by atoms with Crippen molar-refractivity contribution in [1.29, 1.82) is 0 Å². The minimum Gasteiger partial charge on any atom is -0.497 e. The van der Waals surface area contributed by atoms with E-state index in [9.17, 15) is 0 Å². The molecule has 0 fully saturated rings. The second kappa shape index (κ2) is 11.5. The summed E-state index contributed by atoms with van der Waals surface area (Å²) in [6.07, 6.45) is 0.457. The van der Waals surface area contributed by atoms with Gasteiger partial charge in [-0.1, -0.05) is 24.3 Å². The number of methoxy groups -OCH3 is 2. The maximum Gasteiger partial charge on any atom is 0.118 e. The van der Waals surface area contributed by atoms with Crippen LogP contribution in [0.25, 0.3) is 0 Å². The van der Waals surface area contributed by atoms with E-state index in [0.717, 1.165) is 22.6 Å². The highest BCUT2D eigenvalue weighted by Gasteiger charge is 2.09. The maximum absolute atomic E-state index is 5.67. The Bertz CT molecular complexity index is 615. The SMILES string of the molecule is COc1ccc(COCCC(COCc2ccc(OC)cc2)ON)cc1. The molecule has 0 saturated heterocycles. The molecule has 142 valence electrons. The van der Waals surface area contributed by atoms with E-state index in [0.29, 0.717) is 32.8 Å². The third-order valence-corrected chi connectivity index (χ3v) is 3.94. The lowest BCUT2D eigenvalue weighted by atomic mass is 10.2. The van der Waals surface area contributed by atoms with Crippen LogP contribution in [0.3, 0.4) is 0 Å². The Morgan fingerprint density at radius 1 is 0.769 bits per heavy atom. The predicted octanol–water partition coefficient (Wildman–Crippen LogP) is 3.09. The van der Waals surface area contributed by atoms with E-state index in [2.05, 4.69) is 0 Å². The number of rotatable bonds is 12. The van der Waals surface area contributed by atoms with Gasteiger partial charge in [0, 0.05) is 13.0 Å². The predicted molar refractivity (Wildman–Crippen MR) is 99.0 cm³/mol. The van der Waals surface area contributed by atoms with Gasteiger partial charge in [-0.15, -0.1) is 0 Å². The van der Waals surface area contributed by atoms with Gasteiger partial charge in [0.15, 0.2) is 0 Å². The molecule has 26 heavy (non-hydrogen) atoms. The molecule has 2 aromatic carbocycles. The molecule has 0 aliphatic rings. The van der Waals surface area contributed by atoms with Gasteiger partial charge in [-0.2, -0.15) is 0 Å². The first kappa shape index (κ1) is 20.2. The summed E-state index contributed by atoms with van der Waals surface area (Å²) in [7, 11) is 3.29. The van der Waals surface area contributed by atoms with Crippen molar-refractivity contribution in [3.05, 3.63) is 59.7 Å². The fraction of sp³-hybridized carbons (Fsp3) is 0.400. The zero-order valence-corrected chi connectivity index (χ0v) is 15.4. The molecule has 0 aliphatic carbocycles. The van der Waals surface area contributed by atoms with Crippen LogP contribution in [0.2, 0.25) is 0 Å². The molecule has 0 spiro atoms. The monoisotopic (exact) mass is 361 g/mol. The highest BCUT2D eigenvalue weighted by Crippen LogP contribution is 2.13. The smallest absolute Gasteiger partial charge is 0.118 e. The lowest BCUT2D eigenvalue weighted by Crippen LogP contribution is -2.25. The zero-order valence-electron chi connectivity index (χ0n) is 15.4. The minimum absolute atomic E-state index is 0.205. The Kier molecular flexibility index (Phi) is 8.92. The average molecular weight is 361 g/mol. The van der Waals surface area contributed by atoms with Gasteiger partial charge in [-0.05, 0) is 35.4 Å². The van der Waals surface area contributed by atoms with Crippen LogP contribution in [-0.4, -0.2) is 33.5 Å². The van der Waals surface area contributed by atoms with Gasteiger partial charge in [-0.25, -0.2) is 5.90 Å². The Hall–Kier alpha value is -2.12. The van der Waals surface area contributed by atoms with Crippen LogP contribution in [0.5, 0.6) is 11.5 Å². The molecule has 0 bridgehead atoms. The van der Waals surface area contributed by atoms with E-state index in [1.54, 1.807) is 14.2 Å². The maximum atomic E-state index is 5.67. The first-order valence-electron chi connectivity index (χ1n) is 8.52. The molecule has 6 heteroatoms. The molecule has 0 aliphatic heterocycles. The van der Waals surface area contributed by atoms with Gasteiger partial charge in [-0.3, -0.25) is 4.84 Å². The number of hydrogen-bond acceptors (Lipinski definition) is 6. The lowest BCUT2D eigenvalue weighted by Gasteiger charge is -2.15. The Morgan fingerprint density at radius 3 is 1.73 bits per heavy atom. The summed E-state index contributed by atoms with van der Waals surface area (Å²) in [5.41, 5.74) is 2.16. The molecule has 0 heterocycles. The van der Waals surface area contributed by atoms with Crippen molar-refractivity contribution < 1.29 is 23.8 Å². The number of hydrogen-bond donors (Lipinski definition) is 1. The standard InChI is InChI=1S/C20H27NO5/c1-22-18-7-3-16(4-8-18)13-24-12-11-20(26-21)15-25-14-17-5-9-19(23-2)10-6-17/h3-10,20H,11-15,21H2,1-2H3. The molecule has 0 aromatic heterocycles. The van der Waals surface area contributed by atoms with Crippen molar-refractivity contribution in [2.45, 2.75) is 25.7 Å². The second-order valence-corrected chi connectivity index (χ2v) is 5.81. The lowest BCUT2D eigenvalue weighted by molar-refractivity contribution is -0.0401. The van der Waals surface area contributed by atoms with Crippen LogP contribution in [0.4, 0.5) is 0 Å². The largest absolute Gasteiger partial charge is 0.497 e. The van der Waals surface area contributed by atoms with Crippen molar-refractivity contribution in [2.75, 3.05) is 27.4 Å². The number of benzene rings is 2. The summed E-state index contributed by atoms with van der Waals surface area (Å²) < 4.78 is 21.6. The van der Waals surface area contributed by atoms with Crippen LogP contribution >= 0.6 is 0 Å². The van der Waals surface area contributed by atoms with E-state index in [1.165, 1.54) is 0 Å². The third-order valence-electron chi connectivity index (χ3n) is 3.94. The first-order valence-corrected chi connectivity index (χ1v) is 8.52. The van der Waals surface area contributed by atoms with Crippen molar-refractivity contribution in [3.8, 4) is 11.5 Å². The Morgan fingerprint density at radius 2 is 1.27 bits per heavy atom. The van der Waals surface area contributed by atoms with Gasteiger partial charge in [0.2, 0.25) is 0 Å². The summed E-state index contributed by atoms with van der Waals surface area (Å²) in [5.74, 6) is 7.01. The van der Waals surface area contributed by atoms with Crippen molar-refractivity contribution in [3.63, 3.8) is 0 Å². The highest BCUT2D eigenvalue weighted by molar-refractivity contribution is 5.27. The second-order valence-electron chi connectivity index (χ2n) is 5.81. The van der Waals surface area contributed by atoms with E-state index >= 15 is 0 Å². The molecule has 0 radical (unpaired) electrons. The van der Waals surface area contributed by atoms with Gasteiger partial charge >= 0.3 is 0 Å². The van der Waals surface area contributed by atoms with Crippen LogP contribution in [0.15, 0.2) is 48.5 Å². The van der Waals surface area contributed by atoms with E-state index in [-0.39, 0.29) is 6.10 Å². The quantitative estimate of drug-likeness (QED) is 0.463. The summed E-state index contributed by atoms with van der Waals surface area (Å²) in [5, 5.41) is 0. The van der Waals surface area contributed by atoms with Gasteiger partial charge in [0.05, 0.1) is 34.0 Å². The fourth-order valence-corrected chi connectivity index (χ4v) is 2.35. The molecular weight excluding hydrogens is 334 g/mol. The summed E-state index contributed by atoms with van der Waals surface area (Å²) in [6, 6.07) is 15.5. The molecule has 2 aromatic rings. The number of ether oxygens (including phenoxy) is 4. The molecule has 1 unspecified atom stereocenters. The molecule has 6 nitrogen and oxygen atoms in total. The highest BCUT2D eigenvalue weighted by atomic mass is 16.6. The Labute approximate surface area is 154 Å². The normalized spacial score (nSPS) is 12.0. The minimum atomic E-state index is -0.205. The average Bonchev–Trinajstić information content (AvgIpc) is 2.70. The zero-order chi connectivity index (χ0) is 18.6. The van der Waals surface area contributed by atoms with Crippen LogP contribution < -0.4 is 15.4 Å². The Balaban J connectivity index is 1.61. The molecule has 2 N–H and O–H groups in total. The van der Waals surface area contributed by atoms with Gasteiger partial charge in [0.25, 0.3) is 0 Å². The summed E-state index contributed by atoms with van der Waals surface area (Å²) >= 11 is 0. The van der Waals surface area contributed by atoms with Crippen molar-refractivity contribution in [1.82, 2.24) is 0 Å². The van der Waals surface area contributed by atoms with Crippen molar-refractivity contribution in [2.24, 2.45) is 5.90 Å². The van der Waals surface area contributed by atoms with Gasteiger partial charge < -0.3 is 18.9 Å². The van der Waals surface area contributed by atoms with E-state index in [4.69, 9.17) is 29.7 Å². The van der Waals surface area contributed by atoms with Crippen LogP contribution in [-0.2, 0) is 27.5 Å². The van der Waals surface area contributed by atoms with Gasteiger partial charge in [0.1, 0.15) is 17.6 Å². The molecule has 0 amide bonds. The van der Waals surface area contributed by atoms with Crippen LogP contribution in [0, 0.1) is 0 Å². The van der Waals surface area contributed by atoms with Crippen molar-refractivity contribution >= 4 is 0 Å². The molecule has 1 atom stereocenters. The molecular formula is C20H27NO5.